The number of H-pyrrole nitrogens is 1. The number of fused-ring (bicyclic) bond motifs is 3. The van der Waals surface area contributed by atoms with Gasteiger partial charge in [-0.3, -0.25) is 9.59 Å². The highest BCUT2D eigenvalue weighted by atomic mass is 16.1. The van der Waals surface area contributed by atoms with Gasteiger partial charge in [-0.05, 0) is 22.9 Å². The molecule has 100 valence electrons. The van der Waals surface area contributed by atoms with Gasteiger partial charge in [-0.1, -0.05) is 24.3 Å². The van der Waals surface area contributed by atoms with Crippen molar-refractivity contribution in [2.45, 2.75) is 0 Å². The van der Waals surface area contributed by atoms with E-state index in [0.717, 1.165) is 10.8 Å². The molecule has 2 aliphatic rings. The summed E-state index contributed by atoms with van der Waals surface area (Å²) < 4.78 is 0. The first-order valence-corrected chi connectivity index (χ1v) is 6.56. The Labute approximate surface area is 119 Å². The smallest absolute Gasteiger partial charge is 0.197 e. The molecule has 0 bridgehead atoms. The van der Waals surface area contributed by atoms with Gasteiger partial charge >= 0.3 is 0 Å². The minimum atomic E-state index is -0.183. The van der Waals surface area contributed by atoms with Gasteiger partial charge in [0, 0.05) is 23.0 Å². The van der Waals surface area contributed by atoms with Crippen LogP contribution in [-0.2, 0) is 0 Å². The van der Waals surface area contributed by atoms with Crippen molar-refractivity contribution in [1.29, 1.82) is 0 Å². The Balaban J connectivity index is 2.35. The first-order valence-electron chi connectivity index (χ1n) is 6.56. The van der Waals surface area contributed by atoms with E-state index >= 15 is 0 Å². The van der Waals surface area contributed by atoms with Crippen LogP contribution in [0.5, 0.6) is 0 Å². The van der Waals surface area contributed by atoms with Gasteiger partial charge in [-0.15, -0.1) is 0 Å². The van der Waals surface area contributed by atoms with Crippen molar-refractivity contribution >= 4 is 21.5 Å². The molecule has 0 radical (unpaired) electrons. The lowest BCUT2D eigenvalue weighted by molar-refractivity contribution is 1.16. The summed E-state index contributed by atoms with van der Waals surface area (Å²) in [5.41, 5.74) is 0.558. The fourth-order valence-electron chi connectivity index (χ4n) is 2.65. The van der Waals surface area contributed by atoms with Crippen molar-refractivity contribution in [3.05, 3.63) is 75.4 Å². The molecule has 2 aromatic carbocycles. The van der Waals surface area contributed by atoms with Crippen LogP contribution >= 0.6 is 0 Å². The van der Waals surface area contributed by atoms with E-state index in [1.807, 2.05) is 24.3 Å². The van der Waals surface area contributed by atoms with E-state index in [4.69, 9.17) is 0 Å². The molecule has 4 nitrogen and oxygen atoms in total. The Bertz CT molecular complexity index is 1080. The van der Waals surface area contributed by atoms with E-state index in [9.17, 15) is 9.59 Å². The molecule has 4 rings (SSSR count). The van der Waals surface area contributed by atoms with Gasteiger partial charge in [0.1, 0.15) is 0 Å². The third-order valence-corrected chi connectivity index (χ3v) is 3.70. The molecule has 1 heterocycles. The molecule has 0 atom stereocenters. The van der Waals surface area contributed by atoms with Crippen molar-refractivity contribution in [3.63, 3.8) is 0 Å². The van der Waals surface area contributed by atoms with Crippen molar-refractivity contribution in [2.75, 3.05) is 0 Å². The molecule has 0 fully saturated rings. The third-order valence-electron chi connectivity index (χ3n) is 3.70. The molecule has 4 heteroatoms. The molecule has 0 aromatic heterocycles. The monoisotopic (exact) mass is 274 g/mol. The van der Waals surface area contributed by atoms with Gasteiger partial charge in [0.15, 0.2) is 10.9 Å². The maximum absolute atomic E-state index is 12.7. The molecular formula is C17H10N2O2. The number of hydrogen-bond donors (Lipinski definition) is 1. The summed E-state index contributed by atoms with van der Waals surface area (Å²) >= 11 is 0. The van der Waals surface area contributed by atoms with Gasteiger partial charge < -0.3 is 4.98 Å². The van der Waals surface area contributed by atoms with Gasteiger partial charge in [0.2, 0.25) is 0 Å². The van der Waals surface area contributed by atoms with E-state index in [1.54, 1.807) is 12.1 Å². The predicted molar refractivity (Wildman–Crippen MR) is 82.8 cm³/mol. The third kappa shape index (κ3) is 1.73. The van der Waals surface area contributed by atoms with Crippen LogP contribution in [0.15, 0.2) is 64.6 Å². The molecule has 21 heavy (non-hydrogen) atoms. The van der Waals surface area contributed by atoms with E-state index in [-0.39, 0.29) is 10.9 Å². The van der Waals surface area contributed by atoms with Gasteiger partial charge in [0.25, 0.3) is 0 Å². The predicted octanol–water partition coefficient (Wildman–Crippen LogP) is 2.54. The van der Waals surface area contributed by atoms with Crippen molar-refractivity contribution in [1.82, 2.24) is 9.97 Å². The molecule has 0 unspecified atom stereocenters. The molecule has 0 saturated heterocycles. The minimum Gasteiger partial charge on any atom is -0.346 e. The normalized spacial score (nSPS) is 11.2. The maximum Gasteiger partial charge on any atom is 0.197 e. The standard InChI is InChI=1S/C17H10N2O2/c20-16-7-15-14(8-18-9-19-15)17(21)13-6-11-4-2-1-3-10(11)5-12(13)16/h1-9H,(H,18,19). The van der Waals surface area contributed by atoms with Gasteiger partial charge in [-0.25, -0.2) is 4.98 Å². The van der Waals surface area contributed by atoms with Gasteiger partial charge in [0.05, 0.1) is 17.6 Å². The number of benzene rings is 2. The number of rotatable bonds is 0. The SMILES string of the molecule is O=c1cc2[nH]cncc-2c(=O)c2cc3ccccc3cc12. The summed E-state index contributed by atoms with van der Waals surface area (Å²) in [7, 11) is 0. The lowest BCUT2D eigenvalue weighted by atomic mass is 10.0. The quantitative estimate of drug-likeness (QED) is 0.536. The topological polar surface area (TPSA) is 62.8 Å². The zero-order valence-corrected chi connectivity index (χ0v) is 11.0. The first-order chi connectivity index (χ1) is 10.2. The van der Waals surface area contributed by atoms with Crippen LogP contribution in [0.2, 0.25) is 0 Å². The van der Waals surface area contributed by atoms with Crippen LogP contribution in [-0.4, -0.2) is 9.97 Å². The molecule has 1 aliphatic heterocycles. The van der Waals surface area contributed by atoms with Gasteiger partial charge in [-0.2, -0.15) is 0 Å². The summed E-state index contributed by atoms with van der Waals surface area (Å²) in [5.74, 6) is 0. The zero-order valence-electron chi connectivity index (χ0n) is 11.0. The molecular weight excluding hydrogens is 264 g/mol. The fourth-order valence-corrected chi connectivity index (χ4v) is 2.65. The van der Waals surface area contributed by atoms with E-state index in [0.29, 0.717) is 22.0 Å². The summed E-state index contributed by atoms with van der Waals surface area (Å²) in [6.45, 7) is 0. The lowest BCUT2D eigenvalue weighted by Gasteiger charge is -1.99. The van der Waals surface area contributed by atoms with Crippen molar-refractivity contribution in [3.8, 4) is 11.3 Å². The molecule has 0 amide bonds. The highest BCUT2D eigenvalue weighted by Gasteiger charge is 2.11. The van der Waals surface area contributed by atoms with E-state index in [1.165, 1.54) is 18.6 Å². The second-order valence-corrected chi connectivity index (χ2v) is 4.96. The van der Waals surface area contributed by atoms with Crippen LogP contribution in [0, 0.1) is 0 Å². The Kier molecular flexibility index (Phi) is 2.38. The Hall–Kier alpha value is -3.01. The average molecular weight is 274 g/mol. The molecule has 0 saturated carbocycles. The molecule has 2 aromatic rings. The van der Waals surface area contributed by atoms with Crippen LogP contribution in [0.4, 0.5) is 0 Å². The molecule has 0 spiro atoms. The van der Waals surface area contributed by atoms with Crippen LogP contribution < -0.4 is 10.9 Å². The summed E-state index contributed by atoms with van der Waals surface area (Å²) in [6, 6.07) is 12.7. The highest BCUT2D eigenvalue weighted by Crippen LogP contribution is 2.20. The number of nitrogens with zero attached hydrogens (tertiary/aromatic N) is 1. The highest BCUT2D eigenvalue weighted by molar-refractivity contribution is 5.99. The Morgan fingerprint density at radius 3 is 2.38 bits per heavy atom. The second kappa shape index (κ2) is 4.24. The Morgan fingerprint density at radius 2 is 1.62 bits per heavy atom. The fraction of sp³-hybridized carbons (Fsp3) is 0. The first kappa shape index (κ1) is 11.8. The summed E-state index contributed by atoms with van der Waals surface area (Å²) in [5, 5.41) is 2.74. The van der Waals surface area contributed by atoms with Crippen LogP contribution in [0.1, 0.15) is 0 Å². The number of nitrogens with one attached hydrogen (secondary N) is 1. The minimum absolute atomic E-state index is 0.176. The lowest BCUT2D eigenvalue weighted by Crippen LogP contribution is -2.04. The van der Waals surface area contributed by atoms with Crippen LogP contribution in [0.3, 0.4) is 0 Å². The van der Waals surface area contributed by atoms with Crippen LogP contribution in [0.25, 0.3) is 32.8 Å². The number of aromatic amines is 1. The Morgan fingerprint density at radius 1 is 0.905 bits per heavy atom. The molecule has 1 aliphatic carbocycles. The van der Waals surface area contributed by atoms with E-state index in [2.05, 4.69) is 9.97 Å². The van der Waals surface area contributed by atoms with Crippen molar-refractivity contribution in [2.24, 2.45) is 0 Å². The maximum atomic E-state index is 12.7. The molecule has 1 N–H and O–H groups in total. The number of aromatic nitrogens is 2. The largest absolute Gasteiger partial charge is 0.346 e. The van der Waals surface area contributed by atoms with Crippen molar-refractivity contribution < 1.29 is 0 Å². The average Bonchev–Trinajstić information content (AvgIpc) is 2.62. The summed E-state index contributed by atoms with van der Waals surface area (Å²) in [6.07, 6.45) is 2.95. The second-order valence-electron chi connectivity index (χ2n) is 4.96. The zero-order chi connectivity index (χ0) is 14.4. The van der Waals surface area contributed by atoms with E-state index < -0.39 is 0 Å². The summed E-state index contributed by atoms with van der Waals surface area (Å²) in [4.78, 5) is 31.9. The number of hydrogen-bond acceptors (Lipinski definition) is 3.